The number of carbonyl (C=O) groups excluding carboxylic acids is 1. The molecule has 0 saturated heterocycles. The normalized spacial score (nSPS) is 32.8. The number of nitrogens with one attached hydrogen (secondary N) is 1. The Balaban J connectivity index is 1.39. The lowest BCUT2D eigenvalue weighted by Crippen LogP contribution is -2.49. The van der Waals surface area contributed by atoms with Crippen LogP contribution in [0.15, 0.2) is 47.6 Å². The Bertz CT molecular complexity index is 857. The average molecular weight is 346 g/mol. The maximum absolute atomic E-state index is 12.8. The fraction of sp³-hybridized carbons (Fsp3) is 0.478. The summed E-state index contributed by atoms with van der Waals surface area (Å²) in [4.78, 5) is 12.8. The quantitative estimate of drug-likeness (QED) is 0.605. The van der Waals surface area contributed by atoms with Gasteiger partial charge in [-0.1, -0.05) is 36.4 Å². The molecular formula is C23H26N2O. The van der Waals surface area contributed by atoms with Crippen LogP contribution < -0.4 is 5.43 Å². The van der Waals surface area contributed by atoms with Crippen molar-refractivity contribution in [1.29, 1.82) is 0 Å². The monoisotopic (exact) mass is 346 g/mol. The van der Waals surface area contributed by atoms with Gasteiger partial charge in [-0.2, -0.15) is 5.10 Å². The molecule has 4 aliphatic carbocycles. The van der Waals surface area contributed by atoms with E-state index in [0.29, 0.717) is 5.56 Å². The number of rotatable bonds is 3. The molecule has 4 saturated carbocycles. The molecular weight excluding hydrogens is 320 g/mol. The van der Waals surface area contributed by atoms with Crippen molar-refractivity contribution in [3.8, 4) is 0 Å². The van der Waals surface area contributed by atoms with E-state index in [-0.39, 0.29) is 11.3 Å². The van der Waals surface area contributed by atoms with Gasteiger partial charge in [0, 0.05) is 16.7 Å². The van der Waals surface area contributed by atoms with E-state index in [1.54, 1.807) is 0 Å². The number of hydrazone groups is 1. The van der Waals surface area contributed by atoms with Gasteiger partial charge in [0.25, 0.3) is 5.91 Å². The maximum Gasteiger partial charge on any atom is 0.271 e. The maximum atomic E-state index is 12.8. The lowest BCUT2D eigenvalue weighted by atomic mass is 9.48. The molecule has 1 N–H and O–H groups in total. The number of carbonyl (C=O) groups is 1. The Labute approximate surface area is 154 Å². The summed E-state index contributed by atoms with van der Waals surface area (Å²) in [6, 6.07) is 13.9. The van der Waals surface area contributed by atoms with Crippen LogP contribution in [0.1, 0.15) is 55.8 Å². The molecule has 4 aliphatic rings. The molecule has 0 unspecified atom stereocenters. The summed E-state index contributed by atoms with van der Waals surface area (Å²) in [5.74, 6) is 2.56. The smallest absolute Gasteiger partial charge is 0.267 e. The zero-order valence-electron chi connectivity index (χ0n) is 15.4. The molecule has 1 amide bonds. The largest absolute Gasteiger partial charge is 0.271 e. The average Bonchev–Trinajstić information content (AvgIpc) is 2.64. The van der Waals surface area contributed by atoms with Gasteiger partial charge in [0.2, 0.25) is 0 Å². The highest BCUT2D eigenvalue weighted by Crippen LogP contribution is 2.60. The van der Waals surface area contributed by atoms with E-state index in [4.69, 9.17) is 0 Å². The second kappa shape index (κ2) is 5.94. The summed E-state index contributed by atoms with van der Waals surface area (Å²) < 4.78 is 0. The highest BCUT2D eigenvalue weighted by Gasteiger charge is 2.52. The first-order chi connectivity index (χ1) is 12.6. The van der Waals surface area contributed by atoms with Crippen molar-refractivity contribution in [2.24, 2.45) is 28.3 Å². The van der Waals surface area contributed by atoms with Crippen LogP contribution in [0.2, 0.25) is 0 Å². The summed E-state index contributed by atoms with van der Waals surface area (Å²) in [6.45, 7) is 2.14. The first kappa shape index (κ1) is 16.0. The van der Waals surface area contributed by atoms with Gasteiger partial charge in [-0.3, -0.25) is 4.79 Å². The van der Waals surface area contributed by atoms with E-state index in [1.807, 2.05) is 42.5 Å². The first-order valence-corrected chi connectivity index (χ1v) is 9.96. The van der Waals surface area contributed by atoms with Gasteiger partial charge in [0.15, 0.2) is 0 Å². The Kier molecular flexibility index (Phi) is 3.66. The number of hydrogen-bond acceptors (Lipinski definition) is 2. The second-order valence-corrected chi connectivity index (χ2v) is 8.86. The third-order valence-electron chi connectivity index (χ3n) is 7.17. The molecule has 0 spiro atoms. The summed E-state index contributed by atoms with van der Waals surface area (Å²) in [5, 5.41) is 6.68. The van der Waals surface area contributed by atoms with Crippen molar-refractivity contribution in [3.63, 3.8) is 0 Å². The van der Waals surface area contributed by atoms with Crippen molar-refractivity contribution < 1.29 is 4.79 Å². The van der Waals surface area contributed by atoms with Crippen molar-refractivity contribution in [2.45, 2.75) is 45.4 Å². The van der Waals surface area contributed by atoms with Crippen molar-refractivity contribution >= 4 is 22.4 Å². The molecule has 3 heteroatoms. The fourth-order valence-corrected chi connectivity index (χ4v) is 6.29. The van der Waals surface area contributed by atoms with Crippen LogP contribution in [0.4, 0.5) is 0 Å². The highest BCUT2D eigenvalue weighted by atomic mass is 16.2. The molecule has 6 rings (SSSR count). The van der Waals surface area contributed by atoms with Crippen LogP contribution in [0.3, 0.4) is 0 Å². The van der Waals surface area contributed by atoms with Crippen LogP contribution in [-0.2, 0) is 0 Å². The SMILES string of the molecule is CC(=NNC(=O)c1cccc2ccccc12)C12CC3CC(CC(C3)C1)C2. The number of amides is 1. The molecule has 0 atom stereocenters. The molecule has 3 nitrogen and oxygen atoms in total. The van der Waals surface area contributed by atoms with E-state index in [2.05, 4.69) is 17.5 Å². The molecule has 0 radical (unpaired) electrons. The van der Waals surface area contributed by atoms with Crippen molar-refractivity contribution in [1.82, 2.24) is 5.43 Å². The predicted octanol–water partition coefficient (Wildman–Crippen LogP) is 5.16. The van der Waals surface area contributed by atoms with Gasteiger partial charge in [-0.05, 0) is 80.0 Å². The first-order valence-electron chi connectivity index (χ1n) is 9.96. The Morgan fingerprint density at radius 3 is 2.27 bits per heavy atom. The van der Waals surface area contributed by atoms with Crippen LogP contribution >= 0.6 is 0 Å². The molecule has 0 aromatic heterocycles. The molecule has 2 aromatic carbocycles. The number of nitrogens with zero attached hydrogens (tertiary/aromatic N) is 1. The van der Waals surface area contributed by atoms with Gasteiger partial charge in [-0.25, -0.2) is 5.43 Å². The van der Waals surface area contributed by atoms with Gasteiger partial charge in [0.05, 0.1) is 0 Å². The third-order valence-corrected chi connectivity index (χ3v) is 7.17. The standard InChI is InChI=1S/C23H26N2O/c1-15(23-12-16-9-17(13-23)11-18(10-16)14-23)24-25-22(26)21-8-4-6-19-5-2-3-7-20(19)21/h2-8,16-18H,9-14H2,1H3,(H,25,26). The summed E-state index contributed by atoms with van der Waals surface area (Å²) in [6.07, 6.45) is 8.11. The summed E-state index contributed by atoms with van der Waals surface area (Å²) >= 11 is 0. The van der Waals surface area contributed by atoms with Gasteiger partial charge in [0.1, 0.15) is 0 Å². The zero-order valence-corrected chi connectivity index (χ0v) is 15.4. The van der Waals surface area contributed by atoms with E-state index in [0.717, 1.165) is 34.2 Å². The van der Waals surface area contributed by atoms with Crippen LogP contribution in [0.5, 0.6) is 0 Å². The minimum atomic E-state index is -0.106. The highest BCUT2D eigenvalue weighted by molar-refractivity contribution is 6.07. The van der Waals surface area contributed by atoms with E-state index < -0.39 is 0 Å². The Morgan fingerprint density at radius 1 is 0.962 bits per heavy atom. The fourth-order valence-electron chi connectivity index (χ4n) is 6.29. The lowest BCUT2D eigenvalue weighted by molar-refractivity contribution is -0.0128. The summed E-state index contributed by atoms with van der Waals surface area (Å²) in [7, 11) is 0. The topological polar surface area (TPSA) is 41.5 Å². The molecule has 0 aliphatic heterocycles. The Morgan fingerprint density at radius 2 is 1.58 bits per heavy atom. The van der Waals surface area contributed by atoms with Crippen LogP contribution in [-0.4, -0.2) is 11.6 Å². The molecule has 4 bridgehead atoms. The minimum absolute atomic E-state index is 0.106. The zero-order chi connectivity index (χ0) is 17.7. The minimum Gasteiger partial charge on any atom is -0.267 e. The molecule has 2 aromatic rings. The van der Waals surface area contributed by atoms with Crippen molar-refractivity contribution in [3.05, 3.63) is 48.0 Å². The Hall–Kier alpha value is -2.16. The van der Waals surface area contributed by atoms with Crippen LogP contribution in [0.25, 0.3) is 10.8 Å². The van der Waals surface area contributed by atoms with Gasteiger partial charge < -0.3 is 0 Å². The summed E-state index contributed by atoms with van der Waals surface area (Å²) in [5.41, 5.74) is 4.96. The van der Waals surface area contributed by atoms with E-state index in [9.17, 15) is 4.79 Å². The molecule has 0 heterocycles. The second-order valence-electron chi connectivity index (χ2n) is 8.86. The molecule has 26 heavy (non-hydrogen) atoms. The lowest BCUT2D eigenvalue weighted by Gasteiger charge is -2.56. The number of fused-ring (bicyclic) bond motifs is 1. The predicted molar refractivity (Wildman–Crippen MR) is 105 cm³/mol. The molecule has 134 valence electrons. The number of hydrogen-bond donors (Lipinski definition) is 1. The van der Waals surface area contributed by atoms with Gasteiger partial charge in [-0.15, -0.1) is 0 Å². The van der Waals surface area contributed by atoms with Crippen molar-refractivity contribution in [2.75, 3.05) is 0 Å². The number of benzene rings is 2. The van der Waals surface area contributed by atoms with Gasteiger partial charge >= 0.3 is 0 Å². The van der Waals surface area contributed by atoms with E-state index >= 15 is 0 Å². The van der Waals surface area contributed by atoms with Crippen LogP contribution in [0, 0.1) is 23.2 Å². The molecule has 4 fully saturated rings. The van der Waals surface area contributed by atoms with E-state index in [1.165, 1.54) is 38.5 Å². The third kappa shape index (κ3) is 2.56.